The molecule has 2 heterocycles. The molecule has 2 heteroatoms. The smallest absolute Gasteiger partial charge is 0.127 e. The highest BCUT2D eigenvalue weighted by Gasteiger charge is 2.27. The fraction of sp³-hybridized carbons (Fsp3) is 0.571. The zero-order chi connectivity index (χ0) is 11.1. The van der Waals surface area contributed by atoms with Gasteiger partial charge in [0, 0.05) is 24.3 Å². The second-order valence-electron chi connectivity index (χ2n) is 4.91. The summed E-state index contributed by atoms with van der Waals surface area (Å²) in [6, 6.07) is 2.33. The first-order valence-corrected chi connectivity index (χ1v) is 6.25. The maximum Gasteiger partial charge on any atom is 0.127 e. The van der Waals surface area contributed by atoms with E-state index < -0.39 is 0 Å². The fourth-order valence-corrected chi connectivity index (χ4v) is 3.28. The lowest BCUT2D eigenvalue weighted by Gasteiger charge is -2.38. The molecular weight excluding hydrogens is 198 g/mol. The number of ether oxygens (including phenoxy) is 1. The van der Waals surface area contributed by atoms with Crippen LogP contribution in [0.3, 0.4) is 0 Å². The minimum atomic E-state index is 1.13. The Hall–Kier alpha value is -1.18. The molecule has 2 nitrogen and oxygen atoms in total. The Morgan fingerprint density at radius 3 is 2.69 bits per heavy atom. The zero-order valence-electron chi connectivity index (χ0n) is 10.2. The van der Waals surface area contributed by atoms with Crippen LogP contribution < -0.4 is 9.64 Å². The van der Waals surface area contributed by atoms with Crippen LogP contribution in [-0.4, -0.2) is 20.2 Å². The van der Waals surface area contributed by atoms with Crippen LogP contribution in [-0.2, 0) is 12.8 Å². The molecule has 0 spiro atoms. The highest BCUT2D eigenvalue weighted by atomic mass is 16.5. The Labute approximate surface area is 97.2 Å². The highest BCUT2D eigenvalue weighted by molar-refractivity contribution is 5.69. The topological polar surface area (TPSA) is 12.5 Å². The number of methoxy groups -OCH3 is 1. The summed E-state index contributed by atoms with van der Waals surface area (Å²) >= 11 is 0. The third-order valence-electron chi connectivity index (χ3n) is 3.86. The largest absolute Gasteiger partial charge is 0.496 e. The molecule has 0 saturated heterocycles. The number of benzene rings is 1. The SMILES string of the molecule is COc1c(C)cc2c3c1CCCN3CCC2. The Morgan fingerprint density at radius 1 is 1.19 bits per heavy atom. The van der Waals surface area contributed by atoms with Gasteiger partial charge in [-0.2, -0.15) is 0 Å². The van der Waals surface area contributed by atoms with Gasteiger partial charge in [-0.25, -0.2) is 0 Å². The molecule has 0 radical (unpaired) electrons. The minimum Gasteiger partial charge on any atom is -0.496 e. The number of anilines is 1. The number of hydrogen-bond donors (Lipinski definition) is 0. The predicted molar refractivity (Wildman–Crippen MR) is 66.6 cm³/mol. The Bertz CT molecular complexity index is 423. The molecule has 1 aromatic rings. The van der Waals surface area contributed by atoms with Crippen LogP contribution in [0.2, 0.25) is 0 Å². The molecule has 0 aliphatic carbocycles. The van der Waals surface area contributed by atoms with Crippen LogP contribution >= 0.6 is 0 Å². The first-order chi connectivity index (χ1) is 7.81. The van der Waals surface area contributed by atoms with E-state index in [0.717, 1.165) is 5.75 Å². The Balaban J connectivity index is 2.23. The Morgan fingerprint density at radius 2 is 1.94 bits per heavy atom. The molecule has 0 fully saturated rings. The van der Waals surface area contributed by atoms with E-state index in [9.17, 15) is 0 Å². The van der Waals surface area contributed by atoms with Crippen molar-refractivity contribution in [2.24, 2.45) is 0 Å². The number of aryl methyl sites for hydroxylation is 2. The molecule has 0 unspecified atom stereocenters. The summed E-state index contributed by atoms with van der Waals surface area (Å²) in [6.07, 6.45) is 5.00. The van der Waals surface area contributed by atoms with Gasteiger partial charge in [-0.3, -0.25) is 0 Å². The molecule has 0 saturated carbocycles. The molecule has 1 aromatic carbocycles. The third kappa shape index (κ3) is 1.32. The fourth-order valence-electron chi connectivity index (χ4n) is 3.28. The van der Waals surface area contributed by atoms with E-state index in [1.54, 1.807) is 12.7 Å². The lowest BCUT2D eigenvalue weighted by Crippen LogP contribution is -2.34. The summed E-state index contributed by atoms with van der Waals surface area (Å²) in [7, 11) is 1.80. The lowest BCUT2D eigenvalue weighted by molar-refractivity contribution is 0.403. The molecule has 2 aliphatic rings. The van der Waals surface area contributed by atoms with Crippen molar-refractivity contribution in [1.29, 1.82) is 0 Å². The van der Waals surface area contributed by atoms with Crippen molar-refractivity contribution >= 4 is 5.69 Å². The second kappa shape index (κ2) is 3.69. The third-order valence-corrected chi connectivity index (χ3v) is 3.86. The van der Waals surface area contributed by atoms with E-state index in [1.165, 1.54) is 55.6 Å². The van der Waals surface area contributed by atoms with Gasteiger partial charge >= 0.3 is 0 Å². The van der Waals surface area contributed by atoms with Crippen molar-refractivity contribution in [3.63, 3.8) is 0 Å². The normalized spacial score (nSPS) is 18.2. The number of hydrogen-bond acceptors (Lipinski definition) is 2. The van der Waals surface area contributed by atoms with E-state index in [4.69, 9.17) is 4.74 Å². The van der Waals surface area contributed by atoms with Crippen molar-refractivity contribution < 1.29 is 4.74 Å². The Kier molecular flexibility index (Phi) is 2.31. The van der Waals surface area contributed by atoms with Crippen LogP contribution in [0.5, 0.6) is 5.75 Å². The molecule has 16 heavy (non-hydrogen) atoms. The molecule has 86 valence electrons. The standard InChI is InChI=1S/C14H19NO/c1-10-9-11-5-3-7-15-8-4-6-12(13(11)15)14(10)16-2/h9H,3-8H2,1-2H3. The predicted octanol–water partition coefficient (Wildman–Crippen LogP) is 2.70. The summed E-state index contributed by atoms with van der Waals surface area (Å²) in [5.74, 6) is 1.13. The van der Waals surface area contributed by atoms with Gasteiger partial charge in [0.2, 0.25) is 0 Å². The van der Waals surface area contributed by atoms with Crippen molar-refractivity contribution in [2.75, 3.05) is 25.1 Å². The van der Waals surface area contributed by atoms with E-state index in [1.807, 2.05) is 0 Å². The molecule has 3 rings (SSSR count). The average Bonchev–Trinajstić information content (AvgIpc) is 2.30. The quantitative estimate of drug-likeness (QED) is 0.717. The van der Waals surface area contributed by atoms with Crippen LogP contribution in [0.1, 0.15) is 29.5 Å². The van der Waals surface area contributed by atoms with E-state index in [0.29, 0.717) is 0 Å². The van der Waals surface area contributed by atoms with Crippen LogP contribution in [0.25, 0.3) is 0 Å². The number of rotatable bonds is 1. The molecule has 0 aromatic heterocycles. The van der Waals surface area contributed by atoms with Crippen molar-refractivity contribution in [1.82, 2.24) is 0 Å². The molecule has 2 aliphatic heterocycles. The molecule has 0 atom stereocenters. The zero-order valence-corrected chi connectivity index (χ0v) is 10.2. The van der Waals surface area contributed by atoms with E-state index in [2.05, 4.69) is 17.9 Å². The van der Waals surface area contributed by atoms with Crippen molar-refractivity contribution in [2.45, 2.75) is 32.6 Å². The lowest BCUT2D eigenvalue weighted by atomic mass is 9.89. The van der Waals surface area contributed by atoms with E-state index in [-0.39, 0.29) is 0 Å². The maximum atomic E-state index is 5.59. The molecule has 0 amide bonds. The van der Waals surface area contributed by atoms with Gasteiger partial charge in [-0.05, 0) is 43.7 Å². The van der Waals surface area contributed by atoms with Gasteiger partial charge in [-0.15, -0.1) is 0 Å². The molecule has 0 N–H and O–H groups in total. The second-order valence-corrected chi connectivity index (χ2v) is 4.91. The summed E-state index contributed by atoms with van der Waals surface area (Å²) in [5.41, 5.74) is 5.81. The van der Waals surface area contributed by atoms with Gasteiger partial charge in [0.25, 0.3) is 0 Å². The first kappa shape index (κ1) is 10.0. The van der Waals surface area contributed by atoms with Crippen LogP contribution in [0.4, 0.5) is 5.69 Å². The summed E-state index contributed by atoms with van der Waals surface area (Å²) in [4.78, 5) is 2.56. The first-order valence-electron chi connectivity index (χ1n) is 6.25. The summed E-state index contributed by atoms with van der Waals surface area (Å²) < 4.78 is 5.59. The highest BCUT2D eigenvalue weighted by Crippen LogP contribution is 2.41. The van der Waals surface area contributed by atoms with Crippen LogP contribution in [0.15, 0.2) is 6.07 Å². The summed E-state index contributed by atoms with van der Waals surface area (Å²) in [6.45, 7) is 4.63. The molecule has 0 bridgehead atoms. The van der Waals surface area contributed by atoms with Gasteiger partial charge in [0.05, 0.1) is 7.11 Å². The van der Waals surface area contributed by atoms with Gasteiger partial charge in [-0.1, -0.05) is 6.07 Å². The number of nitrogens with zero attached hydrogens (tertiary/aromatic N) is 1. The van der Waals surface area contributed by atoms with Crippen molar-refractivity contribution in [3.05, 3.63) is 22.8 Å². The van der Waals surface area contributed by atoms with Gasteiger partial charge in [0.1, 0.15) is 5.75 Å². The van der Waals surface area contributed by atoms with Gasteiger partial charge < -0.3 is 9.64 Å². The van der Waals surface area contributed by atoms with Gasteiger partial charge in [0.15, 0.2) is 0 Å². The average molecular weight is 217 g/mol. The maximum absolute atomic E-state index is 5.59. The minimum absolute atomic E-state index is 1.13. The van der Waals surface area contributed by atoms with E-state index >= 15 is 0 Å². The van der Waals surface area contributed by atoms with Crippen LogP contribution in [0, 0.1) is 6.92 Å². The summed E-state index contributed by atoms with van der Waals surface area (Å²) in [5, 5.41) is 0. The van der Waals surface area contributed by atoms with Crippen molar-refractivity contribution in [3.8, 4) is 5.75 Å². The monoisotopic (exact) mass is 217 g/mol. The molecular formula is C14H19NO.